The number of rotatable bonds is 2. The van der Waals surface area contributed by atoms with Gasteiger partial charge in [0, 0.05) is 57.5 Å². The van der Waals surface area contributed by atoms with Gasteiger partial charge >= 0.3 is 0 Å². The Labute approximate surface area is 315 Å². The molecule has 0 bridgehead atoms. The van der Waals surface area contributed by atoms with E-state index in [0.717, 1.165) is 55.8 Å². The second-order valence-electron chi connectivity index (χ2n) is 14.0. The van der Waals surface area contributed by atoms with Crippen LogP contribution in [0.25, 0.3) is 112 Å². The lowest BCUT2D eigenvalue weighted by Crippen LogP contribution is -2.07. The molecule has 4 nitrogen and oxygen atoms in total. The average molecular weight is 724 g/mol. The van der Waals surface area contributed by atoms with Gasteiger partial charge in [0.2, 0.25) is 5.95 Å². The predicted octanol–water partition coefficient (Wildman–Crippen LogP) is 14.1. The smallest absolute Gasteiger partial charge is 0.235 e. The highest BCUT2D eigenvalue weighted by Crippen LogP contribution is 2.52. The third-order valence-corrected chi connectivity index (χ3v) is 13.5. The third kappa shape index (κ3) is 3.75. The molecule has 13 rings (SSSR count). The van der Waals surface area contributed by atoms with Crippen LogP contribution in [0.3, 0.4) is 0 Å². The van der Waals surface area contributed by atoms with E-state index in [1.807, 2.05) is 34.8 Å². The summed E-state index contributed by atoms with van der Waals surface area (Å²) < 4.78 is 14.2. The molecule has 0 aliphatic carbocycles. The molecule has 0 fully saturated rings. The van der Waals surface area contributed by atoms with Crippen molar-refractivity contribution >= 4 is 106 Å². The van der Waals surface area contributed by atoms with Crippen molar-refractivity contribution in [1.29, 1.82) is 0 Å². The topological polar surface area (TPSA) is 39.9 Å². The fourth-order valence-electron chi connectivity index (χ4n) is 8.90. The van der Waals surface area contributed by atoms with E-state index in [-0.39, 0.29) is 0 Å². The molecule has 4 aromatic heterocycles. The Kier molecular flexibility index (Phi) is 5.63. The zero-order valence-electron chi connectivity index (χ0n) is 28.5. The number of hydrogen-bond donors (Lipinski definition) is 0. The summed E-state index contributed by atoms with van der Waals surface area (Å²) in [5.74, 6) is 2.25. The van der Waals surface area contributed by atoms with E-state index >= 15 is 0 Å². The summed E-state index contributed by atoms with van der Waals surface area (Å²) >= 11 is 3.68. The first-order chi connectivity index (χ1) is 26.8. The fraction of sp³-hybridized carbons (Fsp3) is 0. The van der Waals surface area contributed by atoms with E-state index in [4.69, 9.17) is 14.7 Å². The second kappa shape index (κ2) is 10.5. The van der Waals surface area contributed by atoms with Gasteiger partial charge in [-0.2, -0.15) is 0 Å². The molecule has 0 saturated carbocycles. The van der Waals surface area contributed by atoms with Crippen LogP contribution in [0.4, 0.5) is 0 Å². The number of ether oxygens (including phenoxy) is 1. The van der Waals surface area contributed by atoms with E-state index in [2.05, 4.69) is 144 Å². The third-order valence-electron chi connectivity index (χ3n) is 11.2. The van der Waals surface area contributed by atoms with Crippen molar-refractivity contribution in [3.63, 3.8) is 0 Å². The van der Waals surface area contributed by atoms with Gasteiger partial charge in [-0.05, 0) is 70.9 Å². The van der Waals surface area contributed by atoms with Gasteiger partial charge in [-0.3, -0.25) is 4.57 Å². The van der Waals surface area contributed by atoms with Gasteiger partial charge < -0.3 is 4.74 Å². The predicted molar refractivity (Wildman–Crippen MR) is 228 cm³/mol. The molecule has 250 valence electrons. The summed E-state index contributed by atoms with van der Waals surface area (Å²) in [5.41, 5.74) is 7.07. The summed E-state index contributed by atoms with van der Waals surface area (Å²) in [7, 11) is 0. The van der Waals surface area contributed by atoms with Crippen LogP contribution in [0.1, 0.15) is 0 Å². The molecule has 0 unspecified atom stereocenters. The standard InChI is InChI=1S/C48H25N3OS2/c1-2-13-30-29(12-1)41-31-14-3-7-17-36(31)51(45(41)47-42(30)33-16-6-10-20-39(33)54-47)48-49-35-23-22-27(46-43(35)44(50-48)32-15-4-8-18-37(32)52-46)26-21-24-40-34(25-26)28-11-5-9-19-38(28)53-40/h1-25H. The lowest BCUT2D eigenvalue weighted by molar-refractivity contribution is 0.488. The molecule has 1 aliphatic heterocycles. The van der Waals surface area contributed by atoms with Crippen LogP contribution >= 0.6 is 22.7 Å². The van der Waals surface area contributed by atoms with Crippen LogP contribution in [0.5, 0.6) is 11.5 Å². The quantitative estimate of drug-likeness (QED) is 0.178. The molecule has 0 saturated heterocycles. The van der Waals surface area contributed by atoms with Crippen molar-refractivity contribution in [3.05, 3.63) is 152 Å². The summed E-state index contributed by atoms with van der Waals surface area (Å²) in [6.07, 6.45) is 0. The molecule has 0 amide bonds. The largest absolute Gasteiger partial charge is 0.455 e. The Bertz CT molecular complexity index is 3610. The molecule has 0 atom stereocenters. The molecule has 0 spiro atoms. The maximum absolute atomic E-state index is 6.84. The number of fused-ring (bicyclic) bond motifs is 15. The van der Waals surface area contributed by atoms with Crippen molar-refractivity contribution in [3.8, 4) is 39.8 Å². The molecule has 12 aromatic rings. The van der Waals surface area contributed by atoms with Gasteiger partial charge in [-0.25, -0.2) is 9.97 Å². The van der Waals surface area contributed by atoms with Crippen molar-refractivity contribution in [2.24, 2.45) is 0 Å². The van der Waals surface area contributed by atoms with E-state index < -0.39 is 0 Å². The highest BCUT2D eigenvalue weighted by molar-refractivity contribution is 7.27. The SMILES string of the molecule is c1ccc2c(c1)Oc1c(-c3ccc4sc5ccccc5c4c3)ccc3nc(-n4c5ccccc5c5c6ccccc6c6c7ccccc7sc6c54)nc-2c13. The Morgan fingerprint density at radius 3 is 2.04 bits per heavy atom. The minimum Gasteiger partial charge on any atom is -0.455 e. The van der Waals surface area contributed by atoms with Gasteiger partial charge in [-0.1, -0.05) is 97.1 Å². The second-order valence-corrected chi connectivity index (χ2v) is 16.2. The van der Waals surface area contributed by atoms with Gasteiger partial charge in [0.25, 0.3) is 0 Å². The molecule has 0 N–H and O–H groups in total. The molecular formula is C48H25N3OS2. The molecular weight excluding hydrogens is 699 g/mol. The maximum atomic E-state index is 6.84. The normalized spacial score (nSPS) is 12.6. The van der Waals surface area contributed by atoms with Crippen molar-refractivity contribution in [2.75, 3.05) is 0 Å². The van der Waals surface area contributed by atoms with Crippen molar-refractivity contribution in [1.82, 2.24) is 14.5 Å². The molecule has 0 radical (unpaired) electrons. The highest BCUT2D eigenvalue weighted by Gasteiger charge is 2.28. The van der Waals surface area contributed by atoms with Gasteiger partial charge in [0.15, 0.2) is 0 Å². The average Bonchev–Trinajstić information content (AvgIpc) is 3.91. The summed E-state index contributed by atoms with van der Waals surface area (Å²) in [4.78, 5) is 11.0. The Hall–Kier alpha value is -6.60. The lowest BCUT2D eigenvalue weighted by atomic mass is 9.95. The lowest BCUT2D eigenvalue weighted by Gasteiger charge is -2.23. The summed E-state index contributed by atoms with van der Waals surface area (Å²) in [5, 5.41) is 11.0. The van der Waals surface area contributed by atoms with Crippen LogP contribution in [0.2, 0.25) is 0 Å². The number of benzene rings is 8. The van der Waals surface area contributed by atoms with Crippen LogP contribution in [0, 0.1) is 0 Å². The number of aromatic nitrogens is 3. The van der Waals surface area contributed by atoms with Crippen molar-refractivity contribution in [2.45, 2.75) is 0 Å². The van der Waals surface area contributed by atoms with Crippen LogP contribution in [-0.2, 0) is 0 Å². The first kappa shape index (κ1) is 28.9. The first-order valence-electron chi connectivity index (χ1n) is 18.1. The Morgan fingerprint density at radius 1 is 0.481 bits per heavy atom. The minimum atomic E-state index is 0.652. The van der Waals surface area contributed by atoms with Gasteiger partial charge in [0.05, 0.1) is 32.3 Å². The zero-order chi connectivity index (χ0) is 35.1. The summed E-state index contributed by atoms with van der Waals surface area (Å²) in [6, 6.07) is 54.3. The van der Waals surface area contributed by atoms with E-state index in [9.17, 15) is 0 Å². The van der Waals surface area contributed by atoms with Crippen LogP contribution in [-0.4, -0.2) is 14.5 Å². The fourth-order valence-corrected chi connectivity index (χ4v) is 11.2. The minimum absolute atomic E-state index is 0.652. The Balaban J connectivity index is 1.15. The monoisotopic (exact) mass is 723 g/mol. The summed E-state index contributed by atoms with van der Waals surface area (Å²) in [6.45, 7) is 0. The van der Waals surface area contributed by atoms with Gasteiger partial charge in [0.1, 0.15) is 11.5 Å². The van der Waals surface area contributed by atoms with Crippen LogP contribution < -0.4 is 4.74 Å². The molecule has 5 heterocycles. The Morgan fingerprint density at radius 2 is 1.17 bits per heavy atom. The molecule has 1 aliphatic rings. The van der Waals surface area contributed by atoms with Gasteiger partial charge in [-0.15, -0.1) is 22.7 Å². The zero-order valence-corrected chi connectivity index (χ0v) is 30.1. The molecule has 54 heavy (non-hydrogen) atoms. The number of hydrogen-bond acceptors (Lipinski definition) is 5. The highest BCUT2D eigenvalue weighted by atomic mass is 32.1. The van der Waals surface area contributed by atoms with Crippen LogP contribution in [0.15, 0.2) is 152 Å². The van der Waals surface area contributed by atoms with E-state index in [1.54, 1.807) is 0 Å². The molecule has 8 aromatic carbocycles. The van der Waals surface area contributed by atoms with E-state index in [1.165, 1.54) is 61.9 Å². The number of nitrogens with zero attached hydrogens (tertiary/aromatic N) is 3. The first-order valence-corrected chi connectivity index (χ1v) is 19.7. The van der Waals surface area contributed by atoms with Crippen molar-refractivity contribution < 1.29 is 4.74 Å². The number of thiophene rings is 2. The number of para-hydroxylation sites is 2. The van der Waals surface area contributed by atoms with E-state index in [0.29, 0.717) is 5.95 Å². The molecule has 6 heteroatoms. The maximum Gasteiger partial charge on any atom is 0.235 e.